The summed E-state index contributed by atoms with van der Waals surface area (Å²) in [6.07, 6.45) is 1.48. The van der Waals surface area contributed by atoms with Gasteiger partial charge in [0.2, 0.25) is 21.8 Å². The van der Waals surface area contributed by atoms with E-state index in [1.165, 1.54) is 28.6 Å². The van der Waals surface area contributed by atoms with Crippen LogP contribution in [0.5, 0.6) is 0 Å². The largest absolute Gasteiger partial charge is 0.350 e. The quantitative estimate of drug-likeness (QED) is 0.366. The minimum atomic E-state index is -3.47. The van der Waals surface area contributed by atoms with Crippen molar-refractivity contribution in [3.05, 3.63) is 66.0 Å². The van der Waals surface area contributed by atoms with Crippen molar-refractivity contribution in [2.45, 2.75) is 58.2 Å². The summed E-state index contributed by atoms with van der Waals surface area (Å²) in [5.41, 5.74) is 8.04. The molecule has 9 nitrogen and oxygen atoms in total. The van der Waals surface area contributed by atoms with Gasteiger partial charge in [-0.25, -0.2) is 12.8 Å². The lowest BCUT2D eigenvalue weighted by Gasteiger charge is -2.37. The molecule has 0 aliphatic carbocycles. The van der Waals surface area contributed by atoms with Crippen molar-refractivity contribution >= 4 is 27.5 Å². The Morgan fingerprint density at radius 1 is 1.03 bits per heavy atom. The maximum Gasteiger partial charge on any atom is 0.237 e. The molecule has 1 heterocycles. The maximum absolute atomic E-state index is 13.3. The molecule has 0 aromatic heterocycles. The zero-order valence-corrected chi connectivity index (χ0v) is 23.7. The van der Waals surface area contributed by atoms with Crippen LogP contribution in [0.3, 0.4) is 0 Å². The van der Waals surface area contributed by atoms with Crippen LogP contribution in [0.15, 0.2) is 54.6 Å². The van der Waals surface area contributed by atoms with E-state index in [1.54, 1.807) is 18.7 Å². The smallest absolute Gasteiger partial charge is 0.237 e. The standard InChI is InChI=1S/C28H40FN5O4S/c1-4-14-34-16-15-33(19-39(34,37)38)21(3)28(36)32-26(18-22-8-6-5-7-9-22)25(30)17-20(2)27(35)31-24-12-10-23(29)11-13-24/h5-13,20-21,25-26H,4,14-19,30H2,1-3H3,(H,31,35)(H,32,36)/t20-,21-,25+,26+/m1/s1. The predicted octanol–water partition coefficient (Wildman–Crippen LogP) is 2.55. The van der Waals surface area contributed by atoms with E-state index in [-0.39, 0.29) is 17.7 Å². The molecule has 0 saturated carbocycles. The molecule has 1 aliphatic rings. The normalized spacial score (nSPS) is 19.0. The molecule has 0 spiro atoms. The minimum absolute atomic E-state index is 0.211. The second-order valence-electron chi connectivity index (χ2n) is 10.2. The fourth-order valence-corrected chi connectivity index (χ4v) is 6.42. The lowest BCUT2D eigenvalue weighted by Crippen LogP contribution is -2.58. The van der Waals surface area contributed by atoms with Crippen molar-refractivity contribution < 1.29 is 22.4 Å². The van der Waals surface area contributed by atoms with Crippen LogP contribution in [-0.4, -0.2) is 73.1 Å². The molecule has 1 saturated heterocycles. The first-order valence-electron chi connectivity index (χ1n) is 13.4. The van der Waals surface area contributed by atoms with Gasteiger partial charge in [-0.05, 0) is 56.0 Å². The van der Waals surface area contributed by atoms with Crippen LogP contribution >= 0.6 is 0 Å². The maximum atomic E-state index is 13.3. The highest BCUT2D eigenvalue weighted by Crippen LogP contribution is 2.18. The summed E-state index contributed by atoms with van der Waals surface area (Å²) in [6, 6.07) is 13.4. The highest BCUT2D eigenvalue weighted by Gasteiger charge is 2.35. The molecule has 11 heteroatoms. The van der Waals surface area contributed by atoms with E-state index < -0.39 is 39.9 Å². The summed E-state index contributed by atoms with van der Waals surface area (Å²) in [4.78, 5) is 27.8. The summed E-state index contributed by atoms with van der Waals surface area (Å²) in [5, 5.41) is 5.81. The van der Waals surface area contributed by atoms with Crippen molar-refractivity contribution in [2.24, 2.45) is 11.7 Å². The lowest BCUT2D eigenvalue weighted by molar-refractivity contribution is -0.126. The number of carbonyl (C=O) groups is 2. The molecule has 2 amide bonds. The van der Waals surface area contributed by atoms with Gasteiger partial charge in [0.05, 0.1) is 6.04 Å². The highest BCUT2D eigenvalue weighted by molar-refractivity contribution is 7.89. The van der Waals surface area contributed by atoms with Gasteiger partial charge < -0.3 is 16.4 Å². The van der Waals surface area contributed by atoms with Gasteiger partial charge in [0.25, 0.3) is 0 Å². The summed E-state index contributed by atoms with van der Waals surface area (Å²) in [6.45, 7) is 6.66. The van der Waals surface area contributed by atoms with Gasteiger partial charge >= 0.3 is 0 Å². The number of benzene rings is 2. The number of halogens is 1. The van der Waals surface area contributed by atoms with Gasteiger partial charge in [0, 0.05) is 43.3 Å². The van der Waals surface area contributed by atoms with Gasteiger partial charge in [-0.2, -0.15) is 4.31 Å². The molecule has 0 bridgehead atoms. The highest BCUT2D eigenvalue weighted by atomic mass is 32.2. The van der Waals surface area contributed by atoms with Gasteiger partial charge in [0.15, 0.2) is 0 Å². The molecule has 0 radical (unpaired) electrons. The summed E-state index contributed by atoms with van der Waals surface area (Å²) >= 11 is 0. The third-order valence-corrected chi connectivity index (χ3v) is 8.90. The monoisotopic (exact) mass is 561 g/mol. The molecule has 214 valence electrons. The first kappa shape index (κ1) is 30.7. The van der Waals surface area contributed by atoms with E-state index in [9.17, 15) is 22.4 Å². The van der Waals surface area contributed by atoms with Crippen LogP contribution in [0.1, 0.15) is 39.2 Å². The van der Waals surface area contributed by atoms with E-state index >= 15 is 0 Å². The molecule has 1 aliphatic heterocycles. The number of nitrogens with one attached hydrogen (secondary N) is 2. The van der Waals surface area contributed by atoms with Crippen LogP contribution in [0.4, 0.5) is 10.1 Å². The number of hydrogen-bond donors (Lipinski definition) is 3. The van der Waals surface area contributed by atoms with E-state index in [0.717, 1.165) is 12.0 Å². The number of rotatable bonds is 12. The molecular weight excluding hydrogens is 521 g/mol. The Balaban J connectivity index is 1.67. The van der Waals surface area contributed by atoms with Crippen LogP contribution < -0.4 is 16.4 Å². The Morgan fingerprint density at radius 2 is 1.69 bits per heavy atom. The molecule has 0 unspecified atom stereocenters. The number of carbonyl (C=O) groups excluding carboxylic acids is 2. The average Bonchev–Trinajstić information content (AvgIpc) is 2.90. The molecular formula is C28H40FN5O4S. The summed E-state index contributed by atoms with van der Waals surface area (Å²) in [5.74, 6) is -1.65. The fourth-order valence-electron chi connectivity index (χ4n) is 4.67. The first-order chi connectivity index (χ1) is 18.5. The Morgan fingerprint density at radius 3 is 2.31 bits per heavy atom. The van der Waals surface area contributed by atoms with Gasteiger partial charge in [0.1, 0.15) is 11.7 Å². The second-order valence-corrected chi connectivity index (χ2v) is 12.2. The Hall–Kier alpha value is -2.86. The van der Waals surface area contributed by atoms with E-state index in [1.807, 2.05) is 37.3 Å². The number of amides is 2. The van der Waals surface area contributed by atoms with Crippen LogP contribution in [0, 0.1) is 11.7 Å². The first-order valence-corrected chi connectivity index (χ1v) is 15.0. The average molecular weight is 562 g/mol. The number of sulfonamides is 1. The fraction of sp³-hybridized carbons (Fsp3) is 0.500. The lowest BCUT2D eigenvalue weighted by atomic mass is 9.92. The van der Waals surface area contributed by atoms with Crippen molar-refractivity contribution in [3.8, 4) is 0 Å². The van der Waals surface area contributed by atoms with Crippen LogP contribution in [0.2, 0.25) is 0 Å². The summed E-state index contributed by atoms with van der Waals surface area (Å²) in [7, 11) is -3.47. The van der Waals surface area contributed by atoms with E-state index in [0.29, 0.717) is 38.2 Å². The number of nitrogens with two attached hydrogens (primary N) is 1. The number of hydrogen-bond acceptors (Lipinski definition) is 6. The minimum Gasteiger partial charge on any atom is -0.350 e. The third kappa shape index (κ3) is 8.82. The Kier molecular flexibility index (Phi) is 11.0. The van der Waals surface area contributed by atoms with Gasteiger partial charge in [-0.1, -0.05) is 44.2 Å². The predicted molar refractivity (Wildman–Crippen MR) is 151 cm³/mol. The van der Waals surface area contributed by atoms with Crippen molar-refractivity contribution in [2.75, 3.05) is 30.8 Å². The summed E-state index contributed by atoms with van der Waals surface area (Å²) < 4.78 is 40.0. The Bertz CT molecular complexity index is 1200. The number of anilines is 1. The van der Waals surface area contributed by atoms with E-state index in [4.69, 9.17) is 5.73 Å². The number of nitrogens with zero attached hydrogens (tertiary/aromatic N) is 2. The zero-order valence-electron chi connectivity index (χ0n) is 22.8. The molecule has 2 aromatic carbocycles. The molecule has 4 N–H and O–H groups in total. The van der Waals surface area contributed by atoms with Crippen LogP contribution in [-0.2, 0) is 26.0 Å². The van der Waals surface area contributed by atoms with Crippen LogP contribution in [0.25, 0.3) is 0 Å². The zero-order chi connectivity index (χ0) is 28.6. The SMILES string of the molecule is CCCN1CCN([C@H](C)C(=O)N[C@@H](Cc2ccccc2)[C@@H](N)C[C@@H](C)C(=O)Nc2ccc(F)cc2)CS1(=O)=O. The molecule has 4 atom stereocenters. The molecule has 2 aromatic rings. The van der Waals surface area contributed by atoms with Gasteiger partial charge in [-0.15, -0.1) is 0 Å². The molecule has 39 heavy (non-hydrogen) atoms. The van der Waals surface area contributed by atoms with E-state index in [2.05, 4.69) is 10.6 Å². The third-order valence-electron chi connectivity index (χ3n) is 7.09. The van der Waals surface area contributed by atoms with Crippen molar-refractivity contribution in [3.63, 3.8) is 0 Å². The van der Waals surface area contributed by atoms with Crippen molar-refractivity contribution in [1.82, 2.24) is 14.5 Å². The topological polar surface area (TPSA) is 125 Å². The molecule has 1 fully saturated rings. The van der Waals surface area contributed by atoms with Gasteiger partial charge in [-0.3, -0.25) is 14.5 Å². The Labute approximate surface area is 231 Å². The second kappa shape index (κ2) is 14.0. The molecule has 3 rings (SSSR count). The van der Waals surface area contributed by atoms with Crippen molar-refractivity contribution in [1.29, 1.82) is 0 Å².